The molecule has 0 aliphatic rings. The third kappa shape index (κ3) is 3.26. The Bertz CT molecular complexity index is 1250. The summed E-state index contributed by atoms with van der Waals surface area (Å²) in [6, 6.07) is 14.2. The number of hydrogen-bond donors (Lipinski definition) is 0. The normalized spacial score (nSPS) is 11.7. The first-order valence-electron chi connectivity index (χ1n) is 8.49. The molecule has 0 amide bonds. The van der Waals surface area contributed by atoms with Gasteiger partial charge in [-0.25, -0.2) is 22.4 Å². The molecule has 28 heavy (non-hydrogen) atoms. The maximum Gasteiger partial charge on any atom is 0.269 e. The van der Waals surface area contributed by atoms with E-state index in [4.69, 9.17) is 0 Å². The van der Waals surface area contributed by atoms with Gasteiger partial charge in [-0.15, -0.1) is 0 Å². The summed E-state index contributed by atoms with van der Waals surface area (Å²) in [7, 11) is 0.171. The molecule has 142 valence electrons. The van der Waals surface area contributed by atoms with Crippen molar-refractivity contribution in [1.82, 2.24) is 13.9 Å². The van der Waals surface area contributed by atoms with Crippen molar-refractivity contribution in [3.05, 3.63) is 70.7 Å². The van der Waals surface area contributed by atoms with Crippen LogP contribution < -0.4 is 4.90 Å². The van der Waals surface area contributed by atoms with Gasteiger partial charge in [0.25, 0.3) is 10.0 Å². The lowest BCUT2D eigenvalue weighted by atomic mass is 10.1. The average molecular weight is 504 g/mol. The van der Waals surface area contributed by atoms with Gasteiger partial charge >= 0.3 is 0 Å². The van der Waals surface area contributed by atoms with Crippen molar-refractivity contribution < 1.29 is 8.42 Å². The Hall–Kier alpha value is -2.46. The van der Waals surface area contributed by atoms with E-state index < -0.39 is 10.0 Å². The quantitative estimate of drug-likeness (QED) is 0.393. The Morgan fingerprint density at radius 1 is 0.964 bits per heavy atom. The van der Waals surface area contributed by atoms with Gasteiger partial charge in [0.1, 0.15) is 5.82 Å². The third-order valence-corrected chi connectivity index (χ3v) is 6.93. The summed E-state index contributed by atoms with van der Waals surface area (Å²) in [5.74, 6) is 0.868. The van der Waals surface area contributed by atoms with Crippen LogP contribution in [0.5, 0.6) is 0 Å². The molecule has 0 fully saturated rings. The lowest BCUT2D eigenvalue weighted by Crippen LogP contribution is -2.12. The Morgan fingerprint density at radius 2 is 1.68 bits per heavy atom. The van der Waals surface area contributed by atoms with Crippen molar-refractivity contribution in [2.75, 3.05) is 19.0 Å². The fourth-order valence-electron chi connectivity index (χ4n) is 2.91. The first-order valence-corrected chi connectivity index (χ1v) is 11.0. The molecule has 0 aliphatic heterocycles. The smallest absolute Gasteiger partial charge is 0.269 e. The van der Waals surface area contributed by atoms with Crippen LogP contribution in [-0.4, -0.2) is 36.5 Å². The zero-order chi connectivity index (χ0) is 19.9. The van der Waals surface area contributed by atoms with E-state index in [1.54, 1.807) is 48.9 Å². The van der Waals surface area contributed by atoms with Crippen molar-refractivity contribution in [2.24, 2.45) is 0 Å². The molecule has 3 heterocycles. The molecule has 0 spiro atoms. The largest absolute Gasteiger partial charge is 0.363 e. The van der Waals surface area contributed by atoms with E-state index >= 15 is 0 Å². The number of benzene rings is 1. The number of pyridine rings is 2. The summed E-state index contributed by atoms with van der Waals surface area (Å²) in [6.07, 6.45) is 5.09. The molecular weight excluding hydrogens is 487 g/mol. The molecule has 0 bridgehead atoms. The minimum Gasteiger partial charge on any atom is -0.363 e. The van der Waals surface area contributed by atoms with Crippen LogP contribution in [0.15, 0.2) is 72.0 Å². The van der Waals surface area contributed by atoms with Gasteiger partial charge in [-0.1, -0.05) is 18.2 Å². The maximum atomic E-state index is 13.0. The zero-order valence-electron chi connectivity index (χ0n) is 15.2. The van der Waals surface area contributed by atoms with E-state index in [9.17, 15) is 8.42 Å². The van der Waals surface area contributed by atoms with E-state index in [1.807, 2.05) is 37.2 Å². The number of nitrogens with zero attached hydrogens (tertiary/aromatic N) is 4. The van der Waals surface area contributed by atoms with Gasteiger partial charge in [-0.3, -0.25) is 0 Å². The van der Waals surface area contributed by atoms with Crippen LogP contribution in [0, 0.1) is 3.57 Å². The second-order valence-corrected chi connectivity index (χ2v) is 9.46. The number of anilines is 1. The van der Waals surface area contributed by atoms with Gasteiger partial charge in [0.05, 0.1) is 4.90 Å². The van der Waals surface area contributed by atoms with Gasteiger partial charge in [0, 0.05) is 52.8 Å². The standard InChI is InChI=1S/C20H17IN4O2S/c1-24(2)19-9-8-14(11-22-19)15-10-17-18(21)13-25(20(17)23-12-15)28(26,27)16-6-4-3-5-7-16/h3-13H,1-2H3. The van der Waals surface area contributed by atoms with Crippen LogP contribution in [0.3, 0.4) is 0 Å². The van der Waals surface area contributed by atoms with Crippen molar-refractivity contribution in [1.29, 1.82) is 0 Å². The fourth-order valence-corrected chi connectivity index (χ4v) is 5.12. The molecule has 6 nitrogen and oxygen atoms in total. The van der Waals surface area contributed by atoms with Gasteiger partial charge in [-0.05, 0) is 52.9 Å². The minimum absolute atomic E-state index is 0.234. The molecule has 0 atom stereocenters. The topological polar surface area (TPSA) is 68.1 Å². The highest BCUT2D eigenvalue weighted by atomic mass is 127. The van der Waals surface area contributed by atoms with Gasteiger partial charge < -0.3 is 4.90 Å². The van der Waals surface area contributed by atoms with E-state index in [2.05, 4.69) is 32.6 Å². The Kier molecular flexibility index (Phi) is 4.84. The average Bonchev–Trinajstić information content (AvgIpc) is 3.05. The van der Waals surface area contributed by atoms with Gasteiger partial charge in [0.15, 0.2) is 5.65 Å². The highest BCUT2D eigenvalue weighted by Crippen LogP contribution is 2.29. The summed E-state index contributed by atoms with van der Waals surface area (Å²) in [6.45, 7) is 0. The fraction of sp³-hybridized carbons (Fsp3) is 0.100. The van der Waals surface area contributed by atoms with Crippen LogP contribution in [0.4, 0.5) is 5.82 Å². The minimum atomic E-state index is -3.71. The van der Waals surface area contributed by atoms with Gasteiger partial charge in [-0.2, -0.15) is 0 Å². The Balaban J connectivity index is 1.82. The van der Waals surface area contributed by atoms with Gasteiger partial charge in [0.2, 0.25) is 0 Å². The van der Waals surface area contributed by atoms with Crippen LogP contribution in [0.1, 0.15) is 0 Å². The second-order valence-electron chi connectivity index (χ2n) is 6.49. The molecule has 0 radical (unpaired) electrons. The Labute approximate surface area is 177 Å². The lowest BCUT2D eigenvalue weighted by Gasteiger charge is -2.11. The van der Waals surface area contributed by atoms with Crippen LogP contribution in [0.2, 0.25) is 0 Å². The summed E-state index contributed by atoms with van der Waals surface area (Å²) >= 11 is 2.14. The zero-order valence-corrected chi connectivity index (χ0v) is 18.2. The van der Waals surface area contributed by atoms with Crippen LogP contribution in [-0.2, 0) is 10.0 Å². The molecule has 3 aromatic heterocycles. The number of aromatic nitrogens is 3. The second kappa shape index (κ2) is 7.17. The van der Waals surface area contributed by atoms with E-state index in [0.717, 1.165) is 25.9 Å². The number of hydrogen-bond acceptors (Lipinski definition) is 5. The lowest BCUT2D eigenvalue weighted by molar-refractivity contribution is 0.588. The third-order valence-electron chi connectivity index (χ3n) is 4.40. The molecule has 0 saturated carbocycles. The predicted molar refractivity (Wildman–Crippen MR) is 119 cm³/mol. The van der Waals surface area contributed by atoms with E-state index in [-0.39, 0.29) is 4.90 Å². The summed E-state index contributed by atoms with van der Waals surface area (Å²) in [5.41, 5.74) is 2.22. The number of rotatable bonds is 4. The predicted octanol–water partition coefficient (Wildman–Crippen LogP) is 4.01. The van der Waals surface area contributed by atoms with Crippen LogP contribution >= 0.6 is 22.6 Å². The van der Waals surface area contributed by atoms with Crippen molar-refractivity contribution in [3.8, 4) is 11.1 Å². The SMILES string of the molecule is CN(C)c1ccc(-c2cnc3c(c2)c(I)cn3S(=O)(=O)c2ccccc2)cn1. The first-order chi connectivity index (χ1) is 13.4. The van der Waals surface area contributed by atoms with Crippen molar-refractivity contribution in [2.45, 2.75) is 4.90 Å². The van der Waals surface area contributed by atoms with Crippen LogP contribution in [0.25, 0.3) is 22.2 Å². The maximum absolute atomic E-state index is 13.0. The molecule has 1 aromatic carbocycles. The van der Waals surface area contributed by atoms with E-state index in [0.29, 0.717) is 5.65 Å². The molecule has 4 rings (SSSR count). The number of fused-ring (bicyclic) bond motifs is 1. The van der Waals surface area contributed by atoms with Crippen molar-refractivity contribution in [3.63, 3.8) is 0 Å². The van der Waals surface area contributed by atoms with Crippen molar-refractivity contribution >= 4 is 49.5 Å². The highest BCUT2D eigenvalue weighted by molar-refractivity contribution is 14.1. The summed E-state index contributed by atoms with van der Waals surface area (Å²) < 4.78 is 28.1. The summed E-state index contributed by atoms with van der Waals surface area (Å²) in [4.78, 5) is 11.1. The molecule has 0 N–H and O–H groups in total. The molecule has 8 heteroatoms. The number of halogens is 1. The first kappa shape index (κ1) is 18.9. The molecule has 4 aromatic rings. The molecule has 0 unspecified atom stereocenters. The molecule has 0 saturated heterocycles. The molecular formula is C20H17IN4O2S. The van der Waals surface area contributed by atoms with E-state index in [1.165, 1.54) is 3.97 Å². The monoisotopic (exact) mass is 504 g/mol. The Morgan fingerprint density at radius 3 is 2.32 bits per heavy atom. The highest BCUT2D eigenvalue weighted by Gasteiger charge is 2.21. The molecule has 0 aliphatic carbocycles. The summed E-state index contributed by atoms with van der Waals surface area (Å²) in [5, 5.41) is 0.786.